The van der Waals surface area contributed by atoms with Crippen LogP contribution in [0.2, 0.25) is 0 Å². The molecule has 0 amide bonds. The second kappa shape index (κ2) is 5.96. The number of rotatable bonds is 1. The summed E-state index contributed by atoms with van der Waals surface area (Å²) in [5.74, 6) is 2.76. The Morgan fingerprint density at radius 3 is 2.75 bits per heavy atom. The van der Waals surface area contributed by atoms with E-state index in [1.54, 1.807) is 18.6 Å². The summed E-state index contributed by atoms with van der Waals surface area (Å²) in [5.41, 5.74) is 3.65. The Kier molecular flexibility index (Phi) is 3.30. The summed E-state index contributed by atoms with van der Waals surface area (Å²) in [5, 5.41) is 1.98. The van der Waals surface area contributed by atoms with Gasteiger partial charge in [-0.15, -0.1) is 0 Å². The number of fused-ring (bicyclic) bond motifs is 4. The summed E-state index contributed by atoms with van der Waals surface area (Å²) in [6.45, 7) is 0. The molecule has 0 saturated carbocycles. The van der Waals surface area contributed by atoms with Crippen LogP contribution in [0.15, 0.2) is 61.1 Å². The van der Waals surface area contributed by atoms with Gasteiger partial charge in [0.1, 0.15) is 17.2 Å². The Balaban J connectivity index is 1.36. The summed E-state index contributed by atoms with van der Waals surface area (Å²) in [7, 11) is 0.423. The fraction of sp³-hybridized carbons (Fsp3) is 0.0476. The predicted octanol–water partition coefficient (Wildman–Crippen LogP) is 2.39. The van der Waals surface area contributed by atoms with E-state index in [9.17, 15) is 0 Å². The first-order valence-electron chi connectivity index (χ1n) is 8.85. The summed E-state index contributed by atoms with van der Waals surface area (Å²) in [4.78, 5) is 17.9. The van der Waals surface area contributed by atoms with Crippen LogP contribution in [-0.4, -0.2) is 29.5 Å². The van der Waals surface area contributed by atoms with Crippen LogP contribution >= 0.6 is 0 Å². The van der Waals surface area contributed by atoms with Gasteiger partial charge in [0.2, 0.25) is 11.8 Å². The van der Waals surface area contributed by atoms with Gasteiger partial charge in [0, 0.05) is 29.9 Å². The largest absolute Gasteiger partial charge is 0.438 e. The van der Waals surface area contributed by atoms with Crippen molar-refractivity contribution in [1.29, 1.82) is 0 Å². The maximum absolute atomic E-state index is 5.98. The van der Waals surface area contributed by atoms with E-state index in [4.69, 9.17) is 14.5 Å². The Labute approximate surface area is 163 Å². The van der Waals surface area contributed by atoms with E-state index in [1.165, 1.54) is 0 Å². The Morgan fingerprint density at radius 1 is 0.857 bits per heavy atom. The molecule has 0 atom stereocenters. The molecule has 2 aliphatic heterocycles. The highest BCUT2D eigenvalue weighted by molar-refractivity contribution is 6.68. The van der Waals surface area contributed by atoms with Gasteiger partial charge in [-0.05, 0) is 17.3 Å². The molecule has 0 saturated heterocycles. The lowest BCUT2D eigenvalue weighted by atomic mass is 10.1. The molecule has 4 aromatic rings. The van der Waals surface area contributed by atoms with Gasteiger partial charge in [-0.25, -0.2) is 9.97 Å². The van der Waals surface area contributed by atoms with Crippen molar-refractivity contribution in [1.82, 2.24) is 19.9 Å². The minimum atomic E-state index is 0.423. The zero-order valence-electron chi connectivity index (χ0n) is 14.6. The molecular formula is C21H12N4O2Si. The first kappa shape index (κ1) is 15.5. The average Bonchev–Trinajstić information content (AvgIpc) is 2.75. The minimum Gasteiger partial charge on any atom is -0.438 e. The van der Waals surface area contributed by atoms with Crippen molar-refractivity contribution in [3.63, 3.8) is 0 Å². The third kappa shape index (κ3) is 2.48. The molecule has 28 heavy (non-hydrogen) atoms. The third-order valence-corrected chi connectivity index (χ3v) is 6.01. The molecular weight excluding hydrogens is 368 g/mol. The number of hydrogen-bond acceptors (Lipinski definition) is 6. The number of ether oxygens (including phenoxy) is 2. The van der Waals surface area contributed by atoms with Crippen molar-refractivity contribution in [3.8, 4) is 34.5 Å². The molecule has 2 aromatic heterocycles. The van der Waals surface area contributed by atoms with Crippen LogP contribution in [-0.2, 0) is 6.42 Å². The second-order valence-corrected chi connectivity index (χ2v) is 7.80. The van der Waals surface area contributed by atoms with Gasteiger partial charge in [-0.1, -0.05) is 30.3 Å². The van der Waals surface area contributed by atoms with Crippen molar-refractivity contribution in [2.45, 2.75) is 6.42 Å². The highest BCUT2D eigenvalue weighted by Crippen LogP contribution is 2.35. The average molecular weight is 380 g/mol. The Morgan fingerprint density at radius 2 is 1.75 bits per heavy atom. The molecule has 0 unspecified atom stereocenters. The Bertz CT molecular complexity index is 1150. The van der Waals surface area contributed by atoms with E-state index in [0.717, 1.165) is 50.9 Å². The van der Waals surface area contributed by atoms with Gasteiger partial charge < -0.3 is 9.47 Å². The molecule has 2 aliphatic rings. The van der Waals surface area contributed by atoms with Crippen LogP contribution in [0.1, 0.15) is 11.3 Å². The van der Waals surface area contributed by atoms with Crippen molar-refractivity contribution in [2.24, 2.45) is 0 Å². The molecule has 4 heterocycles. The van der Waals surface area contributed by atoms with Crippen molar-refractivity contribution >= 4 is 20.0 Å². The maximum atomic E-state index is 5.98. The fourth-order valence-electron chi connectivity index (χ4n) is 3.36. The summed E-state index contributed by atoms with van der Waals surface area (Å²) >= 11 is 0. The number of benzene rings is 2. The normalized spacial score (nSPS) is 13.3. The third-order valence-electron chi connectivity index (χ3n) is 4.75. The number of aromatic nitrogens is 4. The van der Waals surface area contributed by atoms with Crippen LogP contribution in [0.3, 0.4) is 0 Å². The van der Waals surface area contributed by atoms with Gasteiger partial charge in [0.05, 0.1) is 17.2 Å². The van der Waals surface area contributed by atoms with Gasteiger partial charge in [0.25, 0.3) is 0 Å². The SMILES string of the molecule is c1ccc2c(c1)Cc1ncc(-c3ccc4c(c3)Oc3nccnc3[Si]4)nc1O2. The standard InChI is InChI=1S/C21H12N4O2Si/c1-2-4-16-13(3-1)9-14-19(26-16)25-15(11-24-14)12-5-6-18-17(10-12)27-20-21(28-18)23-8-7-22-20/h1-8,10-11H,9H2. The van der Waals surface area contributed by atoms with E-state index in [-0.39, 0.29) is 0 Å². The van der Waals surface area contributed by atoms with E-state index < -0.39 is 0 Å². The topological polar surface area (TPSA) is 70.0 Å². The highest BCUT2D eigenvalue weighted by Gasteiger charge is 2.22. The van der Waals surface area contributed by atoms with E-state index in [2.05, 4.69) is 27.1 Å². The molecule has 6 nitrogen and oxygen atoms in total. The van der Waals surface area contributed by atoms with Crippen LogP contribution in [0.5, 0.6) is 23.3 Å². The van der Waals surface area contributed by atoms with Gasteiger partial charge in [-0.3, -0.25) is 9.97 Å². The zero-order valence-corrected chi connectivity index (χ0v) is 15.6. The lowest BCUT2D eigenvalue weighted by Gasteiger charge is -2.20. The van der Waals surface area contributed by atoms with Crippen LogP contribution < -0.4 is 20.0 Å². The molecule has 7 heteroatoms. The van der Waals surface area contributed by atoms with E-state index in [0.29, 0.717) is 21.3 Å². The molecule has 0 aliphatic carbocycles. The summed E-state index contributed by atoms with van der Waals surface area (Å²) in [6.07, 6.45) is 5.84. The number of nitrogens with zero attached hydrogens (tertiary/aromatic N) is 4. The fourth-order valence-corrected chi connectivity index (χ4v) is 4.39. The molecule has 132 valence electrons. The van der Waals surface area contributed by atoms with Crippen molar-refractivity contribution in [2.75, 3.05) is 0 Å². The molecule has 0 fully saturated rings. The predicted molar refractivity (Wildman–Crippen MR) is 104 cm³/mol. The van der Waals surface area contributed by atoms with Crippen molar-refractivity contribution in [3.05, 3.63) is 72.3 Å². The lowest BCUT2D eigenvalue weighted by molar-refractivity contribution is 0.436. The van der Waals surface area contributed by atoms with Crippen LogP contribution in [0.4, 0.5) is 0 Å². The smallest absolute Gasteiger partial charge is 0.242 e. The molecule has 0 N–H and O–H groups in total. The van der Waals surface area contributed by atoms with Gasteiger partial charge in [-0.2, -0.15) is 0 Å². The quantitative estimate of drug-likeness (QED) is 0.408. The highest BCUT2D eigenvalue weighted by atomic mass is 28.2. The Hall–Kier alpha value is -3.58. The molecule has 0 bridgehead atoms. The second-order valence-electron chi connectivity index (χ2n) is 6.54. The zero-order chi connectivity index (χ0) is 18.5. The van der Waals surface area contributed by atoms with E-state index >= 15 is 0 Å². The summed E-state index contributed by atoms with van der Waals surface area (Å²) < 4.78 is 11.9. The number of hydrogen-bond donors (Lipinski definition) is 0. The first-order valence-corrected chi connectivity index (χ1v) is 9.85. The summed E-state index contributed by atoms with van der Waals surface area (Å²) in [6, 6.07) is 14.0. The monoisotopic (exact) mass is 380 g/mol. The molecule has 6 rings (SSSR count). The molecule has 2 aromatic carbocycles. The minimum absolute atomic E-state index is 0.423. The molecule has 0 spiro atoms. The number of para-hydroxylation sites is 1. The molecule has 2 radical (unpaired) electrons. The van der Waals surface area contributed by atoms with E-state index in [1.807, 2.05) is 30.3 Å². The van der Waals surface area contributed by atoms with Crippen LogP contribution in [0, 0.1) is 0 Å². The first-order chi connectivity index (χ1) is 13.8. The van der Waals surface area contributed by atoms with Crippen molar-refractivity contribution < 1.29 is 9.47 Å². The van der Waals surface area contributed by atoms with Crippen LogP contribution in [0.25, 0.3) is 11.3 Å². The van der Waals surface area contributed by atoms with Gasteiger partial charge in [0.15, 0.2) is 9.52 Å². The van der Waals surface area contributed by atoms with Gasteiger partial charge >= 0.3 is 0 Å². The lowest BCUT2D eigenvalue weighted by Crippen LogP contribution is -2.36. The maximum Gasteiger partial charge on any atom is 0.242 e.